The molecule has 7 aromatic rings. The smallest absolute Gasteiger partial charge is 0.352 e. The van der Waals surface area contributed by atoms with Crippen LogP contribution in [0.25, 0.3) is 34.3 Å². The number of nitrogens with one attached hydrogen (secondary N) is 2. The largest absolute Gasteiger partial charge is 0.491 e. The van der Waals surface area contributed by atoms with E-state index in [0.717, 1.165) is 0 Å². The van der Waals surface area contributed by atoms with Crippen molar-refractivity contribution >= 4 is 30.2 Å². The molecule has 0 spiro atoms. The molecule has 0 atom stereocenters. The predicted molar refractivity (Wildman–Crippen MR) is 208 cm³/mol. The molecule has 0 radical (unpaired) electrons. The van der Waals surface area contributed by atoms with Crippen LogP contribution < -0.4 is 11.3 Å². The molecule has 18 nitrogen and oxygen atoms in total. The number of carbonyl (C=O) groups is 2. The number of ether oxygens (including phenoxy) is 2. The molecular weight excluding hydrogens is 836 g/mol. The van der Waals surface area contributed by atoms with E-state index in [9.17, 15) is 37.1 Å². The van der Waals surface area contributed by atoms with E-state index in [1.807, 2.05) is 0 Å². The maximum atomic E-state index is 14.0. The second-order valence-electron chi connectivity index (χ2n) is 11.9. The quantitative estimate of drug-likeness (QED) is 0.0405. The van der Waals surface area contributed by atoms with E-state index in [1.54, 1.807) is 59.3 Å². The summed E-state index contributed by atoms with van der Waals surface area (Å²) in [6, 6.07) is 19.0. The Kier molecular flexibility index (Phi) is 16.2. The van der Waals surface area contributed by atoms with Gasteiger partial charge in [-0.25, -0.2) is 22.8 Å². The summed E-state index contributed by atoms with van der Waals surface area (Å²) in [4.78, 5) is 38.5. The first-order valence-electron chi connectivity index (χ1n) is 17.6. The van der Waals surface area contributed by atoms with Gasteiger partial charge < -0.3 is 34.3 Å². The Balaban J connectivity index is 0.000000215. The number of nitrogens with zero attached hydrogens (tertiary/aromatic N) is 7. The van der Waals surface area contributed by atoms with E-state index in [4.69, 9.17) is 20.2 Å². The Morgan fingerprint density at radius 2 is 1.31 bits per heavy atom. The van der Waals surface area contributed by atoms with Gasteiger partial charge in [0, 0.05) is 23.3 Å². The third-order valence-corrected chi connectivity index (χ3v) is 7.87. The van der Waals surface area contributed by atoms with Gasteiger partial charge in [-0.1, -0.05) is 46.7 Å². The number of esters is 2. The minimum Gasteiger partial charge on any atom is -0.491 e. The molecule has 0 aliphatic heterocycles. The number of hydrogen-bond acceptors (Lipinski definition) is 14. The summed E-state index contributed by atoms with van der Waals surface area (Å²) in [5, 5.41) is 33.1. The number of benzene rings is 2. The summed E-state index contributed by atoms with van der Waals surface area (Å²) >= 11 is 0. The van der Waals surface area contributed by atoms with E-state index in [2.05, 4.69) is 40.0 Å². The number of halogens is 5. The molecule has 0 amide bonds. The zero-order valence-electron chi connectivity index (χ0n) is 31.9. The highest BCUT2D eigenvalue weighted by atomic mass is 35.5. The summed E-state index contributed by atoms with van der Waals surface area (Å²) < 4.78 is 74.9. The number of nitrogen functional groups attached to an aromatic ring is 1. The Hall–Kier alpha value is -7.62. The van der Waals surface area contributed by atoms with Gasteiger partial charge in [0.2, 0.25) is 5.82 Å². The van der Waals surface area contributed by atoms with Crippen LogP contribution in [-0.4, -0.2) is 82.1 Å². The van der Waals surface area contributed by atoms with Gasteiger partial charge in [0.1, 0.15) is 52.8 Å². The van der Waals surface area contributed by atoms with Crippen molar-refractivity contribution in [2.45, 2.75) is 33.1 Å². The summed E-state index contributed by atoms with van der Waals surface area (Å²) in [6.07, 6.45) is 0.479. The Morgan fingerprint density at radius 3 is 1.75 bits per heavy atom. The van der Waals surface area contributed by atoms with Crippen LogP contribution in [0.2, 0.25) is 0 Å². The second-order valence-corrected chi connectivity index (χ2v) is 11.9. The molecule has 0 bridgehead atoms. The van der Waals surface area contributed by atoms with Crippen molar-refractivity contribution in [1.29, 1.82) is 5.41 Å². The van der Waals surface area contributed by atoms with Crippen molar-refractivity contribution in [3.63, 3.8) is 0 Å². The van der Waals surface area contributed by atoms with Crippen molar-refractivity contribution in [3.8, 4) is 40.2 Å². The number of amidine groups is 1. The molecule has 0 saturated carbocycles. The lowest BCUT2D eigenvalue weighted by atomic mass is 10.2. The van der Waals surface area contributed by atoms with Crippen LogP contribution in [0, 0.1) is 22.9 Å². The molecule has 0 fully saturated rings. The van der Waals surface area contributed by atoms with Crippen LogP contribution in [0.3, 0.4) is 0 Å². The summed E-state index contributed by atoms with van der Waals surface area (Å²) in [6.45, 7) is 3.40. The van der Waals surface area contributed by atoms with Gasteiger partial charge in [-0.2, -0.15) is 19.6 Å². The van der Waals surface area contributed by atoms with E-state index >= 15 is 0 Å². The molecule has 7 rings (SSSR count). The van der Waals surface area contributed by atoms with Gasteiger partial charge in [-0.05, 0) is 38.1 Å². The van der Waals surface area contributed by atoms with Crippen LogP contribution in [0.5, 0.6) is 5.88 Å². The molecule has 5 N–H and O–H groups in total. The second kappa shape index (κ2) is 21.4. The normalized spacial score (nSPS) is 10.5. The van der Waals surface area contributed by atoms with Crippen molar-refractivity contribution in [2.75, 3.05) is 13.2 Å². The van der Waals surface area contributed by atoms with Gasteiger partial charge in [-0.15, -0.1) is 12.4 Å². The Labute approximate surface area is 347 Å². The number of aromatic hydroxyl groups is 1. The minimum atomic E-state index is -2.31. The van der Waals surface area contributed by atoms with E-state index in [1.165, 1.54) is 49.3 Å². The highest BCUT2D eigenvalue weighted by Gasteiger charge is 2.28. The van der Waals surface area contributed by atoms with Crippen molar-refractivity contribution in [1.82, 2.24) is 39.8 Å². The third-order valence-electron chi connectivity index (χ3n) is 7.87. The first kappa shape index (κ1) is 46.1. The van der Waals surface area contributed by atoms with Gasteiger partial charge in [0.15, 0.2) is 5.82 Å². The Bertz CT molecular complexity index is 2600. The molecule has 5 aromatic heterocycles. The number of alkyl halides is 1. The fourth-order valence-corrected chi connectivity index (χ4v) is 5.09. The summed E-state index contributed by atoms with van der Waals surface area (Å²) in [5.41, 5.74) is 7.66. The van der Waals surface area contributed by atoms with Crippen LogP contribution >= 0.6 is 12.4 Å². The lowest BCUT2D eigenvalue weighted by Gasteiger charge is -2.06. The molecule has 5 heterocycles. The van der Waals surface area contributed by atoms with E-state index in [-0.39, 0.29) is 61.9 Å². The fraction of sp³-hybridized carbons (Fsp3) is 0.184. The molecule has 2 aromatic carbocycles. The fourth-order valence-electron chi connectivity index (χ4n) is 5.09. The number of aromatic nitrogens is 8. The SMILES string of the molecule is CCOC(=O)C(F)C(=O)OCC.Cl.N=C(N)c1cc(-c2ccon2)n(Cc2ccccc2F)n1.O=c1[nH]c(-c2cc(-c3ccon3)n(Cc3ccccc3F)n2)nc(O)c1F. The molecule has 320 valence electrons. The molecule has 0 unspecified atom stereocenters. The zero-order chi connectivity index (χ0) is 43.3. The number of H-pyrrole nitrogens is 1. The number of aromatic amines is 1. The number of carbonyl (C=O) groups excluding carboxylic acids is 2. The molecular formula is C38H35ClF4N10O8. The average Bonchev–Trinajstić information content (AvgIpc) is 4.07. The van der Waals surface area contributed by atoms with E-state index in [0.29, 0.717) is 39.6 Å². The van der Waals surface area contributed by atoms with Gasteiger partial charge in [-0.3, -0.25) is 19.6 Å². The third kappa shape index (κ3) is 11.7. The lowest BCUT2D eigenvalue weighted by Crippen LogP contribution is -2.29. The van der Waals surface area contributed by atoms with Crippen LogP contribution in [-0.2, 0) is 32.2 Å². The first-order valence-corrected chi connectivity index (χ1v) is 17.6. The summed E-state index contributed by atoms with van der Waals surface area (Å²) in [5.74, 6) is -5.85. The Morgan fingerprint density at radius 1 is 0.820 bits per heavy atom. The predicted octanol–water partition coefficient (Wildman–Crippen LogP) is 5.20. The molecule has 61 heavy (non-hydrogen) atoms. The molecule has 0 saturated heterocycles. The topological polar surface area (TPSA) is 256 Å². The van der Waals surface area contributed by atoms with E-state index < -0.39 is 41.2 Å². The molecule has 23 heteroatoms. The maximum Gasteiger partial charge on any atom is 0.352 e. The summed E-state index contributed by atoms with van der Waals surface area (Å²) in [7, 11) is 0. The number of rotatable bonds is 12. The van der Waals surface area contributed by atoms with Crippen molar-refractivity contribution < 1.29 is 50.8 Å². The van der Waals surface area contributed by atoms with Crippen molar-refractivity contribution in [3.05, 3.63) is 130 Å². The zero-order valence-corrected chi connectivity index (χ0v) is 32.7. The monoisotopic (exact) mass is 870 g/mol. The van der Waals surface area contributed by atoms with Gasteiger partial charge in [0.05, 0.1) is 37.7 Å². The van der Waals surface area contributed by atoms with Crippen LogP contribution in [0.15, 0.2) is 99.2 Å². The molecule has 0 aliphatic rings. The van der Waals surface area contributed by atoms with Crippen LogP contribution in [0.1, 0.15) is 30.7 Å². The average molecular weight is 871 g/mol. The number of nitrogens with two attached hydrogens (primary N) is 1. The van der Waals surface area contributed by atoms with Crippen LogP contribution in [0.4, 0.5) is 17.6 Å². The highest BCUT2D eigenvalue weighted by Crippen LogP contribution is 2.26. The minimum absolute atomic E-state index is 0. The van der Waals surface area contributed by atoms with Gasteiger partial charge in [0.25, 0.3) is 17.6 Å². The van der Waals surface area contributed by atoms with Gasteiger partial charge >= 0.3 is 11.9 Å². The first-order chi connectivity index (χ1) is 28.8. The molecule has 0 aliphatic carbocycles. The highest BCUT2D eigenvalue weighted by molar-refractivity contribution is 5.97. The standard InChI is InChI=1S/C17H11F2N5O3.C14H12FN5O.C7H11FO4.ClH/c18-10-4-2-1-3-9(10)8-24-13(11-5-6-27-23-11)7-12(22-24)15-20-16(25)14(19)17(26)21-15;15-10-4-2-1-3-9(10)8-20-13(11-5-6-21-19-11)7-12(18-20)14(16)17;1-3-11-6(9)5(8)7(10)12-4-2;/h1-7H,8H2,(H2,20,21,25,26);1-7H,8H2,(H3,16,17);5H,3-4H2,1-2H3;1H. The maximum absolute atomic E-state index is 14.0. The lowest BCUT2D eigenvalue weighted by molar-refractivity contribution is -0.162. The number of hydrogen-bond donors (Lipinski definition) is 4. The van der Waals surface area contributed by atoms with Crippen molar-refractivity contribution in [2.24, 2.45) is 5.73 Å².